The van der Waals surface area contributed by atoms with Gasteiger partial charge in [-0.15, -0.1) is 0 Å². The molecule has 1 N–H and O–H groups in total. The normalized spacial score (nSPS) is 20.7. The molecule has 0 unspecified atom stereocenters. The summed E-state index contributed by atoms with van der Waals surface area (Å²) < 4.78 is 11.3. The van der Waals surface area contributed by atoms with Crippen LogP contribution in [-0.2, 0) is 14.9 Å². The third kappa shape index (κ3) is 4.03. The fourth-order valence-electron chi connectivity index (χ4n) is 4.39. The summed E-state index contributed by atoms with van der Waals surface area (Å²) in [5, 5.41) is 3.96. The van der Waals surface area contributed by atoms with E-state index in [9.17, 15) is 4.79 Å². The molecule has 0 spiro atoms. The molecule has 1 fully saturated rings. The molecule has 0 aliphatic carbocycles. The van der Waals surface area contributed by atoms with Crippen LogP contribution in [-0.4, -0.2) is 32.3 Å². The van der Waals surface area contributed by atoms with E-state index >= 15 is 0 Å². The maximum Gasteiger partial charge on any atom is 0.220 e. The highest BCUT2D eigenvalue weighted by molar-refractivity contribution is 6.31. The number of fused-ring (bicyclic) bond motifs is 1. The van der Waals surface area contributed by atoms with Gasteiger partial charge in [-0.3, -0.25) is 4.79 Å². The van der Waals surface area contributed by atoms with Crippen molar-refractivity contribution in [3.05, 3.63) is 64.7 Å². The lowest BCUT2D eigenvalue weighted by Gasteiger charge is -2.38. The summed E-state index contributed by atoms with van der Waals surface area (Å²) in [6.45, 7) is 2.63. The van der Waals surface area contributed by atoms with Gasteiger partial charge in [-0.25, -0.2) is 0 Å². The second-order valence-corrected chi connectivity index (χ2v) is 8.13. The smallest absolute Gasteiger partial charge is 0.220 e. The Morgan fingerprint density at radius 2 is 1.82 bits per heavy atom. The number of carbonyl (C=O) groups excluding carboxylic acids is 1. The molecule has 4 rings (SSSR count). The molecule has 0 saturated carbocycles. The Hall–Kier alpha value is -2.04. The lowest BCUT2D eigenvalue weighted by atomic mass is 9.74. The summed E-state index contributed by atoms with van der Waals surface area (Å²) >= 11 is 6.51. The van der Waals surface area contributed by atoms with Crippen molar-refractivity contribution >= 4 is 17.5 Å². The summed E-state index contributed by atoms with van der Waals surface area (Å²) in [6, 6.07) is 16.0. The van der Waals surface area contributed by atoms with E-state index in [0.29, 0.717) is 32.8 Å². The van der Waals surface area contributed by atoms with Crippen LogP contribution in [0.1, 0.15) is 42.7 Å². The molecule has 0 bridgehead atoms. The number of ether oxygens (including phenoxy) is 2. The van der Waals surface area contributed by atoms with Crippen molar-refractivity contribution in [3.8, 4) is 5.75 Å². The molecule has 0 radical (unpaired) electrons. The standard InChI is InChI=1S/C23H26ClNO3/c24-20-7-3-2-6-19(20)23(10-13-27-14-11-23)16-25-22(26)15-17-9-12-28-21-8-4-1-5-18(17)21/h1-8,17H,9-16H2,(H,25,26)/t17-/m0/s1. The van der Waals surface area contributed by atoms with Crippen molar-refractivity contribution in [2.75, 3.05) is 26.4 Å². The van der Waals surface area contributed by atoms with Gasteiger partial charge in [0.05, 0.1) is 6.61 Å². The Morgan fingerprint density at radius 1 is 1.07 bits per heavy atom. The van der Waals surface area contributed by atoms with E-state index in [1.54, 1.807) is 0 Å². The largest absolute Gasteiger partial charge is 0.493 e. The SMILES string of the molecule is O=C(C[C@@H]1CCOc2ccccc21)NCC1(c2ccccc2Cl)CCOCC1. The second-order valence-electron chi connectivity index (χ2n) is 7.73. The monoisotopic (exact) mass is 399 g/mol. The van der Waals surface area contributed by atoms with Crippen LogP contribution in [0.3, 0.4) is 0 Å². The summed E-state index contributed by atoms with van der Waals surface area (Å²) in [4.78, 5) is 12.8. The Balaban J connectivity index is 1.45. The van der Waals surface area contributed by atoms with Crippen LogP contribution in [0.4, 0.5) is 0 Å². The van der Waals surface area contributed by atoms with Gasteiger partial charge in [0.15, 0.2) is 0 Å². The number of hydrogen-bond donors (Lipinski definition) is 1. The summed E-state index contributed by atoms with van der Waals surface area (Å²) in [6.07, 6.45) is 3.07. The lowest BCUT2D eigenvalue weighted by Crippen LogP contribution is -2.45. The van der Waals surface area contributed by atoms with Crippen LogP contribution in [0.2, 0.25) is 5.02 Å². The van der Waals surface area contributed by atoms with E-state index in [0.717, 1.165) is 41.2 Å². The fourth-order valence-corrected chi connectivity index (χ4v) is 4.72. The number of hydrogen-bond acceptors (Lipinski definition) is 3. The Kier molecular flexibility index (Phi) is 5.88. The van der Waals surface area contributed by atoms with Gasteiger partial charge >= 0.3 is 0 Å². The molecule has 2 heterocycles. The van der Waals surface area contributed by atoms with E-state index in [4.69, 9.17) is 21.1 Å². The van der Waals surface area contributed by atoms with Gasteiger partial charge in [0.1, 0.15) is 5.75 Å². The zero-order valence-corrected chi connectivity index (χ0v) is 16.7. The van der Waals surface area contributed by atoms with Gasteiger partial charge in [0, 0.05) is 36.6 Å². The lowest BCUT2D eigenvalue weighted by molar-refractivity contribution is -0.122. The number of carbonyl (C=O) groups is 1. The quantitative estimate of drug-likeness (QED) is 0.807. The Bertz CT molecular complexity index is 832. The van der Waals surface area contributed by atoms with Crippen LogP contribution in [0.5, 0.6) is 5.75 Å². The first kappa shape index (κ1) is 19.3. The van der Waals surface area contributed by atoms with Crippen LogP contribution in [0.25, 0.3) is 0 Å². The van der Waals surface area contributed by atoms with Crippen LogP contribution >= 0.6 is 11.6 Å². The van der Waals surface area contributed by atoms with Crippen molar-refractivity contribution < 1.29 is 14.3 Å². The minimum absolute atomic E-state index is 0.0830. The average molecular weight is 400 g/mol. The van der Waals surface area contributed by atoms with Gasteiger partial charge < -0.3 is 14.8 Å². The minimum Gasteiger partial charge on any atom is -0.493 e. The van der Waals surface area contributed by atoms with Gasteiger partial charge in [-0.1, -0.05) is 48.0 Å². The Labute approximate surface area is 171 Å². The van der Waals surface area contributed by atoms with E-state index in [-0.39, 0.29) is 17.2 Å². The van der Waals surface area contributed by atoms with Gasteiger partial charge in [0.2, 0.25) is 5.91 Å². The van der Waals surface area contributed by atoms with Crippen molar-refractivity contribution in [1.29, 1.82) is 0 Å². The number of para-hydroxylation sites is 1. The molecule has 1 atom stereocenters. The van der Waals surface area contributed by atoms with Crippen molar-refractivity contribution in [2.45, 2.75) is 37.0 Å². The predicted octanol–water partition coefficient (Wildman–Crippen LogP) is 4.46. The molecule has 2 aliphatic heterocycles. The molecule has 4 nitrogen and oxygen atoms in total. The van der Waals surface area contributed by atoms with Crippen LogP contribution < -0.4 is 10.1 Å². The molecule has 148 valence electrons. The molecule has 1 amide bonds. The van der Waals surface area contributed by atoms with E-state index in [1.165, 1.54) is 0 Å². The molecule has 2 aliphatic rings. The minimum atomic E-state index is -0.167. The second kappa shape index (κ2) is 8.54. The molecule has 1 saturated heterocycles. The predicted molar refractivity (Wildman–Crippen MR) is 110 cm³/mol. The molecular formula is C23H26ClNO3. The number of rotatable bonds is 5. The maximum atomic E-state index is 12.8. The average Bonchev–Trinajstić information content (AvgIpc) is 2.74. The molecule has 2 aromatic rings. The first-order valence-corrected chi connectivity index (χ1v) is 10.4. The zero-order valence-electron chi connectivity index (χ0n) is 16.0. The summed E-state index contributed by atoms with van der Waals surface area (Å²) in [5.41, 5.74) is 2.08. The van der Waals surface area contributed by atoms with E-state index in [2.05, 4.69) is 17.4 Å². The Morgan fingerprint density at radius 3 is 2.64 bits per heavy atom. The first-order chi connectivity index (χ1) is 13.7. The van der Waals surface area contributed by atoms with Crippen molar-refractivity contribution in [1.82, 2.24) is 5.32 Å². The number of halogens is 1. The highest BCUT2D eigenvalue weighted by Crippen LogP contribution is 2.39. The maximum absolute atomic E-state index is 12.8. The van der Waals surface area contributed by atoms with Crippen LogP contribution in [0.15, 0.2) is 48.5 Å². The summed E-state index contributed by atoms with van der Waals surface area (Å²) in [7, 11) is 0. The number of amides is 1. The molecule has 2 aromatic carbocycles. The number of benzene rings is 2. The third-order valence-corrected chi connectivity index (χ3v) is 6.36. The highest BCUT2D eigenvalue weighted by atomic mass is 35.5. The third-order valence-electron chi connectivity index (χ3n) is 6.03. The van der Waals surface area contributed by atoms with Crippen molar-refractivity contribution in [2.24, 2.45) is 0 Å². The van der Waals surface area contributed by atoms with Gasteiger partial charge in [0.25, 0.3) is 0 Å². The molecule has 0 aromatic heterocycles. The number of nitrogens with one attached hydrogen (secondary N) is 1. The topological polar surface area (TPSA) is 47.6 Å². The molecule has 28 heavy (non-hydrogen) atoms. The first-order valence-electron chi connectivity index (χ1n) is 9.99. The van der Waals surface area contributed by atoms with Crippen molar-refractivity contribution in [3.63, 3.8) is 0 Å². The molecule has 5 heteroatoms. The van der Waals surface area contributed by atoms with Gasteiger partial charge in [-0.2, -0.15) is 0 Å². The highest BCUT2D eigenvalue weighted by Gasteiger charge is 2.36. The van der Waals surface area contributed by atoms with Gasteiger partial charge in [-0.05, 0) is 48.4 Å². The fraction of sp³-hybridized carbons (Fsp3) is 0.435. The van der Waals surface area contributed by atoms with Crippen LogP contribution in [0, 0.1) is 0 Å². The molecular weight excluding hydrogens is 374 g/mol. The van der Waals surface area contributed by atoms with E-state index < -0.39 is 0 Å². The summed E-state index contributed by atoms with van der Waals surface area (Å²) in [5.74, 6) is 1.19. The van der Waals surface area contributed by atoms with E-state index in [1.807, 2.05) is 36.4 Å². The zero-order chi connectivity index (χ0) is 19.4.